The van der Waals surface area contributed by atoms with Crippen LogP contribution < -0.4 is 11.1 Å². The number of aromatic hydroxyl groups is 1. The van der Waals surface area contributed by atoms with Gasteiger partial charge in [-0.25, -0.2) is 0 Å². The van der Waals surface area contributed by atoms with Crippen molar-refractivity contribution >= 4 is 70.9 Å². The van der Waals surface area contributed by atoms with Crippen LogP contribution in [0.3, 0.4) is 0 Å². The van der Waals surface area contributed by atoms with Crippen LogP contribution in [0.25, 0.3) is 64.6 Å². The van der Waals surface area contributed by atoms with Gasteiger partial charge in [0.2, 0.25) is 5.88 Å². The van der Waals surface area contributed by atoms with Crippen LogP contribution in [0, 0.1) is 0 Å². The molecule has 242 valence electrons. The average molecular weight is 629 g/mol. The van der Waals surface area contributed by atoms with E-state index in [0.717, 1.165) is 93.3 Å². The molecule has 2 heterocycles. The molecule has 2 aromatic heterocycles. The zero-order valence-corrected chi connectivity index (χ0v) is 27.7. The molecule has 5 aromatic carbocycles. The molecule has 1 N–H and O–H groups in total. The number of pyridine rings is 2. The van der Waals surface area contributed by atoms with Gasteiger partial charge in [-0.3, -0.25) is 19.0 Å². The molecule has 0 unspecified atom stereocenters. The molecule has 0 fully saturated rings. The highest BCUT2D eigenvalue weighted by molar-refractivity contribution is 6.40. The summed E-state index contributed by atoms with van der Waals surface area (Å²) in [5, 5.41) is 21.5. The Morgan fingerprint density at radius 3 is 1.36 bits per heavy atom. The molecule has 0 aliphatic carbocycles. The van der Waals surface area contributed by atoms with Crippen molar-refractivity contribution in [1.29, 1.82) is 0 Å². The topological polar surface area (TPSA) is 81.3 Å². The minimum atomic E-state index is -0.162. The molecule has 0 spiro atoms. The molecule has 0 amide bonds. The number of aldehydes is 1. The molecule has 0 aliphatic heterocycles. The van der Waals surface area contributed by atoms with Crippen molar-refractivity contribution in [2.24, 2.45) is 0 Å². The van der Waals surface area contributed by atoms with E-state index in [-0.39, 0.29) is 17.0 Å². The highest BCUT2D eigenvalue weighted by atomic mass is 16.3. The number of unbranched alkanes of at least 4 members (excludes halogenated alkanes) is 10. The highest BCUT2D eigenvalue weighted by Gasteiger charge is 2.23. The summed E-state index contributed by atoms with van der Waals surface area (Å²) in [5.41, 5.74) is 0.152. The number of fused-ring (bicyclic) bond motifs is 2. The number of aromatic nitrogens is 2. The quantitative estimate of drug-likeness (QED) is 0.0530. The lowest BCUT2D eigenvalue weighted by molar-refractivity contribution is 0.111. The van der Waals surface area contributed by atoms with Gasteiger partial charge in [0.05, 0.1) is 5.69 Å². The Hall–Kier alpha value is -4.45. The van der Waals surface area contributed by atoms with Crippen molar-refractivity contribution in [1.82, 2.24) is 9.13 Å². The van der Waals surface area contributed by atoms with Crippen molar-refractivity contribution < 1.29 is 9.90 Å². The molecule has 0 bridgehead atoms. The van der Waals surface area contributed by atoms with Crippen molar-refractivity contribution in [3.05, 3.63) is 74.9 Å². The zero-order chi connectivity index (χ0) is 32.7. The standard InChI is InChI=1S/C41H44N2O4/c1-3-5-7-9-11-13-23-42-34(25-44)30-19-15-26-28-17-21-32-38-33(41(47)43(40(32)46)24-14-12-10-8-6-4-2)22-18-29(36(28)38)27-16-20-31(39(42)45)37(30)35(26)27/h15-22,25,46H,3-14,23-24H2,1-2H3. The molecule has 0 atom stereocenters. The van der Waals surface area contributed by atoms with Gasteiger partial charge in [0.1, 0.15) is 0 Å². The maximum absolute atomic E-state index is 14.0. The minimum absolute atomic E-state index is 0.0251. The Balaban J connectivity index is 1.39. The Kier molecular flexibility index (Phi) is 8.61. The van der Waals surface area contributed by atoms with E-state index in [1.807, 2.05) is 42.5 Å². The lowest BCUT2D eigenvalue weighted by Crippen LogP contribution is -2.24. The Labute approximate surface area is 274 Å². The number of rotatable bonds is 15. The molecule has 7 rings (SSSR count). The summed E-state index contributed by atoms with van der Waals surface area (Å²) in [7, 11) is 0. The van der Waals surface area contributed by atoms with Gasteiger partial charge in [-0.1, -0.05) is 108 Å². The smallest absolute Gasteiger partial charge is 0.261 e. The normalized spacial score (nSPS) is 12.3. The summed E-state index contributed by atoms with van der Waals surface area (Å²) in [5.74, 6) is 0.0251. The Morgan fingerprint density at radius 2 is 0.851 bits per heavy atom. The summed E-state index contributed by atoms with van der Waals surface area (Å²) in [6, 6.07) is 15.8. The van der Waals surface area contributed by atoms with E-state index >= 15 is 0 Å². The van der Waals surface area contributed by atoms with E-state index in [9.17, 15) is 19.5 Å². The molecule has 0 aliphatic rings. The van der Waals surface area contributed by atoms with Crippen LogP contribution in [0.4, 0.5) is 0 Å². The maximum Gasteiger partial charge on any atom is 0.261 e. The van der Waals surface area contributed by atoms with Gasteiger partial charge in [0, 0.05) is 45.4 Å². The summed E-state index contributed by atoms with van der Waals surface area (Å²) in [4.78, 5) is 40.4. The number of carbonyl (C=O) groups is 1. The van der Waals surface area contributed by atoms with Gasteiger partial charge < -0.3 is 9.67 Å². The number of hydrogen-bond acceptors (Lipinski definition) is 4. The average Bonchev–Trinajstić information content (AvgIpc) is 3.09. The number of benzene rings is 5. The third-order valence-electron chi connectivity index (χ3n) is 10.5. The first-order valence-corrected chi connectivity index (χ1v) is 17.7. The Bertz CT molecular complexity index is 2340. The number of nitrogens with zero attached hydrogens (tertiary/aromatic N) is 2. The summed E-state index contributed by atoms with van der Waals surface area (Å²) < 4.78 is 3.22. The monoisotopic (exact) mass is 628 g/mol. The van der Waals surface area contributed by atoms with Crippen LogP contribution in [0.2, 0.25) is 0 Å². The lowest BCUT2D eigenvalue weighted by Gasteiger charge is -2.21. The molecule has 0 radical (unpaired) electrons. The summed E-state index contributed by atoms with van der Waals surface area (Å²) in [6.07, 6.45) is 14.1. The second-order valence-electron chi connectivity index (χ2n) is 13.4. The molecule has 7 aromatic rings. The predicted molar refractivity (Wildman–Crippen MR) is 196 cm³/mol. The van der Waals surface area contributed by atoms with Crippen molar-refractivity contribution in [2.45, 2.75) is 104 Å². The molecule has 0 saturated heterocycles. The van der Waals surface area contributed by atoms with E-state index < -0.39 is 0 Å². The molecular weight excluding hydrogens is 584 g/mol. The van der Waals surface area contributed by atoms with E-state index in [4.69, 9.17) is 0 Å². The van der Waals surface area contributed by atoms with E-state index in [1.165, 1.54) is 38.5 Å². The summed E-state index contributed by atoms with van der Waals surface area (Å²) in [6.45, 7) is 5.42. The summed E-state index contributed by atoms with van der Waals surface area (Å²) >= 11 is 0. The molecule has 47 heavy (non-hydrogen) atoms. The van der Waals surface area contributed by atoms with Crippen LogP contribution in [0.1, 0.15) is 101 Å². The lowest BCUT2D eigenvalue weighted by atomic mass is 9.85. The van der Waals surface area contributed by atoms with Gasteiger partial charge in [-0.15, -0.1) is 0 Å². The fourth-order valence-electron chi connectivity index (χ4n) is 8.09. The zero-order valence-electron chi connectivity index (χ0n) is 27.7. The van der Waals surface area contributed by atoms with E-state index in [2.05, 4.69) is 19.9 Å². The maximum atomic E-state index is 14.0. The Morgan fingerprint density at radius 1 is 0.489 bits per heavy atom. The van der Waals surface area contributed by atoms with Crippen LogP contribution >= 0.6 is 0 Å². The van der Waals surface area contributed by atoms with Crippen molar-refractivity contribution in [2.75, 3.05) is 0 Å². The predicted octanol–water partition coefficient (Wildman–Crippen LogP) is 10.0. The number of carbonyl (C=O) groups excluding carboxylic acids is 1. The van der Waals surface area contributed by atoms with E-state index in [1.54, 1.807) is 9.13 Å². The molecular formula is C41H44N2O4. The second-order valence-corrected chi connectivity index (χ2v) is 13.4. The number of hydrogen-bond donors (Lipinski definition) is 1. The first-order valence-electron chi connectivity index (χ1n) is 17.7. The fourth-order valence-corrected chi connectivity index (χ4v) is 8.09. The SMILES string of the molecule is CCCCCCCCn1c(O)c2ccc3c4ccc5c(C=O)n(CCCCCCCC)c(=O)c6ccc(c7ccc(c1=O)c2c37)c4c56. The first-order chi connectivity index (χ1) is 23.0. The second kappa shape index (κ2) is 13.0. The van der Waals surface area contributed by atoms with Gasteiger partial charge in [-0.05, 0) is 63.4 Å². The molecule has 6 nitrogen and oxygen atoms in total. The van der Waals surface area contributed by atoms with Gasteiger partial charge in [-0.2, -0.15) is 0 Å². The van der Waals surface area contributed by atoms with Crippen molar-refractivity contribution in [3.8, 4) is 5.88 Å². The van der Waals surface area contributed by atoms with Crippen molar-refractivity contribution in [3.63, 3.8) is 0 Å². The third-order valence-corrected chi connectivity index (χ3v) is 10.5. The minimum Gasteiger partial charge on any atom is -0.494 e. The largest absolute Gasteiger partial charge is 0.494 e. The van der Waals surface area contributed by atoms with E-state index in [0.29, 0.717) is 34.9 Å². The fraction of sp³-hybridized carbons (Fsp3) is 0.390. The highest BCUT2D eigenvalue weighted by Crippen LogP contribution is 2.45. The molecule has 0 saturated carbocycles. The van der Waals surface area contributed by atoms with Crippen LogP contribution in [-0.2, 0) is 13.1 Å². The van der Waals surface area contributed by atoms with Crippen LogP contribution in [-0.4, -0.2) is 20.5 Å². The van der Waals surface area contributed by atoms with Gasteiger partial charge in [0.25, 0.3) is 11.1 Å². The van der Waals surface area contributed by atoms with Gasteiger partial charge >= 0.3 is 0 Å². The van der Waals surface area contributed by atoms with Crippen LogP contribution in [0.15, 0.2) is 58.1 Å². The first kappa shape index (κ1) is 31.2. The molecule has 6 heteroatoms. The van der Waals surface area contributed by atoms with Gasteiger partial charge in [0.15, 0.2) is 6.29 Å². The third kappa shape index (κ3) is 5.04. The van der Waals surface area contributed by atoms with Crippen LogP contribution in [0.5, 0.6) is 5.88 Å².